The van der Waals surface area contributed by atoms with Crippen molar-refractivity contribution in [2.45, 2.75) is 33.4 Å². The molecule has 2 rings (SSSR count). The van der Waals surface area contributed by atoms with Crippen LogP contribution in [0, 0.1) is 13.8 Å². The maximum atomic E-state index is 12.5. The summed E-state index contributed by atoms with van der Waals surface area (Å²) in [7, 11) is -3.59. The quantitative estimate of drug-likeness (QED) is 0.861. The van der Waals surface area contributed by atoms with Crippen LogP contribution >= 0.6 is 0 Å². The molecule has 25 heavy (non-hydrogen) atoms. The summed E-state index contributed by atoms with van der Waals surface area (Å²) in [6.07, 6.45) is 1.11. The van der Waals surface area contributed by atoms with Gasteiger partial charge in [-0.05, 0) is 38.5 Å². The SMILES string of the molecule is Cc1ccc(N(C(C)C(=O)NCc2cccc(C)c2)S(C)(=O)=O)cc1. The van der Waals surface area contributed by atoms with Gasteiger partial charge in [0, 0.05) is 6.54 Å². The monoisotopic (exact) mass is 360 g/mol. The molecule has 0 fully saturated rings. The van der Waals surface area contributed by atoms with Gasteiger partial charge in [0.25, 0.3) is 0 Å². The lowest BCUT2D eigenvalue weighted by Crippen LogP contribution is -2.47. The van der Waals surface area contributed by atoms with Crippen molar-refractivity contribution in [2.24, 2.45) is 0 Å². The Morgan fingerprint density at radius 3 is 2.28 bits per heavy atom. The highest BCUT2D eigenvalue weighted by Crippen LogP contribution is 2.21. The zero-order valence-electron chi connectivity index (χ0n) is 15.0. The van der Waals surface area contributed by atoms with E-state index in [0.717, 1.165) is 27.3 Å². The smallest absolute Gasteiger partial charge is 0.243 e. The second-order valence-corrected chi connectivity index (χ2v) is 8.14. The van der Waals surface area contributed by atoms with Crippen LogP contribution in [0.1, 0.15) is 23.6 Å². The third-order valence-electron chi connectivity index (χ3n) is 3.93. The van der Waals surface area contributed by atoms with E-state index in [1.54, 1.807) is 19.1 Å². The van der Waals surface area contributed by atoms with Crippen molar-refractivity contribution in [1.29, 1.82) is 0 Å². The molecule has 1 amide bonds. The molecule has 2 aromatic rings. The minimum atomic E-state index is -3.59. The topological polar surface area (TPSA) is 66.5 Å². The van der Waals surface area contributed by atoms with Crippen LogP contribution in [0.15, 0.2) is 48.5 Å². The van der Waals surface area contributed by atoms with Crippen molar-refractivity contribution in [1.82, 2.24) is 5.32 Å². The molecule has 1 N–H and O–H groups in total. The van der Waals surface area contributed by atoms with Gasteiger partial charge in [0.05, 0.1) is 11.9 Å². The zero-order chi connectivity index (χ0) is 18.6. The predicted octanol–water partition coefficient (Wildman–Crippen LogP) is 2.77. The molecule has 0 aliphatic carbocycles. The first-order valence-electron chi connectivity index (χ1n) is 8.08. The van der Waals surface area contributed by atoms with E-state index >= 15 is 0 Å². The van der Waals surface area contributed by atoms with Crippen LogP contribution in [0.3, 0.4) is 0 Å². The highest BCUT2D eigenvalue weighted by atomic mass is 32.2. The van der Waals surface area contributed by atoms with Crippen LogP contribution in [-0.4, -0.2) is 26.6 Å². The Balaban J connectivity index is 2.17. The van der Waals surface area contributed by atoms with Gasteiger partial charge < -0.3 is 5.32 Å². The second-order valence-electron chi connectivity index (χ2n) is 6.28. The fourth-order valence-corrected chi connectivity index (χ4v) is 3.83. The molecule has 0 bridgehead atoms. The van der Waals surface area contributed by atoms with E-state index in [9.17, 15) is 13.2 Å². The number of hydrogen-bond acceptors (Lipinski definition) is 3. The first kappa shape index (κ1) is 19.0. The molecule has 0 aromatic heterocycles. The van der Waals surface area contributed by atoms with Gasteiger partial charge in [0.2, 0.25) is 15.9 Å². The molecule has 1 unspecified atom stereocenters. The molecule has 0 saturated heterocycles. The third-order valence-corrected chi connectivity index (χ3v) is 5.17. The van der Waals surface area contributed by atoms with Gasteiger partial charge in [-0.1, -0.05) is 47.5 Å². The van der Waals surface area contributed by atoms with Crippen LogP contribution in [0.2, 0.25) is 0 Å². The van der Waals surface area contributed by atoms with E-state index in [1.165, 1.54) is 0 Å². The first-order valence-corrected chi connectivity index (χ1v) is 9.92. The summed E-state index contributed by atoms with van der Waals surface area (Å²) in [5, 5.41) is 2.81. The van der Waals surface area contributed by atoms with Gasteiger partial charge in [-0.15, -0.1) is 0 Å². The van der Waals surface area contributed by atoms with Gasteiger partial charge in [0.1, 0.15) is 6.04 Å². The summed E-state index contributed by atoms with van der Waals surface area (Å²) in [6.45, 7) is 5.85. The molecule has 0 radical (unpaired) electrons. The van der Waals surface area contributed by atoms with E-state index < -0.39 is 16.1 Å². The van der Waals surface area contributed by atoms with Crippen molar-refractivity contribution < 1.29 is 13.2 Å². The Hall–Kier alpha value is -2.34. The summed E-state index contributed by atoms with van der Waals surface area (Å²) >= 11 is 0. The average molecular weight is 360 g/mol. The van der Waals surface area contributed by atoms with E-state index in [0.29, 0.717) is 12.2 Å². The molecular formula is C19H24N2O3S. The number of carbonyl (C=O) groups is 1. The number of nitrogens with one attached hydrogen (secondary N) is 1. The van der Waals surface area contributed by atoms with Gasteiger partial charge in [-0.3, -0.25) is 9.10 Å². The number of sulfonamides is 1. The Bertz CT molecular complexity index is 845. The predicted molar refractivity (Wildman–Crippen MR) is 101 cm³/mol. The fraction of sp³-hybridized carbons (Fsp3) is 0.316. The number of hydrogen-bond donors (Lipinski definition) is 1. The lowest BCUT2D eigenvalue weighted by atomic mass is 10.1. The normalized spacial score (nSPS) is 12.5. The molecule has 0 saturated carbocycles. The maximum Gasteiger partial charge on any atom is 0.243 e. The van der Waals surface area contributed by atoms with E-state index in [1.807, 2.05) is 50.2 Å². The summed E-state index contributed by atoms with van der Waals surface area (Å²) < 4.78 is 25.6. The number of anilines is 1. The second kappa shape index (κ2) is 7.70. The molecule has 1 atom stereocenters. The Kier molecular flexibility index (Phi) is 5.85. The molecule has 0 aliphatic rings. The van der Waals surface area contributed by atoms with Crippen LogP contribution in [-0.2, 0) is 21.4 Å². The molecular weight excluding hydrogens is 336 g/mol. The van der Waals surface area contributed by atoms with Gasteiger partial charge in [0.15, 0.2) is 0 Å². The van der Waals surface area contributed by atoms with Gasteiger partial charge in [-0.25, -0.2) is 8.42 Å². The minimum Gasteiger partial charge on any atom is -0.350 e. The van der Waals surface area contributed by atoms with E-state index in [-0.39, 0.29) is 5.91 Å². The van der Waals surface area contributed by atoms with Crippen LogP contribution < -0.4 is 9.62 Å². The van der Waals surface area contributed by atoms with Gasteiger partial charge >= 0.3 is 0 Å². The van der Waals surface area contributed by atoms with Crippen molar-refractivity contribution in [3.05, 3.63) is 65.2 Å². The van der Waals surface area contributed by atoms with E-state index in [4.69, 9.17) is 0 Å². The summed E-state index contributed by atoms with van der Waals surface area (Å²) in [5.74, 6) is -0.340. The molecule has 0 aliphatic heterocycles. The van der Waals surface area contributed by atoms with Crippen molar-refractivity contribution >= 4 is 21.6 Å². The zero-order valence-corrected chi connectivity index (χ0v) is 15.8. The molecule has 134 valence electrons. The third kappa shape index (κ3) is 5.06. The number of rotatable bonds is 6. The Morgan fingerprint density at radius 2 is 1.72 bits per heavy atom. The van der Waals surface area contributed by atoms with Crippen LogP contribution in [0.5, 0.6) is 0 Å². The van der Waals surface area contributed by atoms with Crippen molar-refractivity contribution in [2.75, 3.05) is 10.6 Å². The number of aryl methyl sites for hydroxylation is 2. The summed E-state index contributed by atoms with van der Waals surface area (Å²) in [5.41, 5.74) is 3.58. The average Bonchev–Trinajstić information content (AvgIpc) is 2.53. The van der Waals surface area contributed by atoms with Crippen LogP contribution in [0.4, 0.5) is 5.69 Å². The maximum absolute atomic E-state index is 12.5. The first-order chi connectivity index (χ1) is 11.7. The standard InChI is InChI=1S/C19H24N2O3S/c1-14-8-10-18(11-9-14)21(25(4,23)24)16(3)19(22)20-13-17-7-5-6-15(2)12-17/h5-12,16H,13H2,1-4H3,(H,20,22). The number of nitrogens with zero attached hydrogens (tertiary/aromatic N) is 1. The number of benzene rings is 2. The molecule has 0 spiro atoms. The highest BCUT2D eigenvalue weighted by molar-refractivity contribution is 7.92. The van der Waals surface area contributed by atoms with Crippen molar-refractivity contribution in [3.8, 4) is 0 Å². The minimum absolute atomic E-state index is 0.340. The Morgan fingerprint density at radius 1 is 1.08 bits per heavy atom. The highest BCUT2D eigenvalue weighted by Gasteiger charge is 2.28. The largest absolute Gasteiger partial charge is 0.350 e. The lowest BCUT2D eigenvalue weighted by molar-refractivity contribution is -0.122. The lowest BCUT2D eigenvalue weighted by Gasteiger charge is -2.28. The summed E-state index contributed by atoms with van der Waals surface area (Å²) in [4.78, 5) is 12.5. The number of carbonyl (C=O) groups excluding carboxylic acids is 1. The van der Waals surface area contributed by atoms with Crippen molar-refractivity contribution in [3.63, 3.8) is 0 Å². The molecule has 6 heteroatoms. The Labute approximate surface area is 149 Å². The molecule has 0 heterocycles. The van der Waals surface area contributed by atoms with Gasteiger partial charge in [-0.2, -0.15) is 0 Å². The summed E-state index contributed by atoms with van der Waals surface area (Å²) in [6, 6.07) is 14.0. The molecule has 2 aromatic carbocycles. The van der Waals surface area contributed by atoms with E-state index in [2.05, 4.69) is 5.32 Å². The number of amides is 1. The van der Waals surface area contributed by atoms with Crippen LogP contribution in [0.25, 0.3) is 0 Å². The fourth-order valence-electron chi connectivity index (χ4n) is 2.66. The molecule has 5 nitrogen and oxygen atoms in total.